The molecular weight excluding hydrogens is 354 g/mol. The third kappa shape index (κ3) is 5.04. The molecule has 3 rings (SSSR count). The summed E-state index contributed by atoms with van der Waals surface area (Å²) in [5.74, 6) is 0.0277. The number of aliphatic carboxylic acids is 1. The zero-order chi connectivity index (χ0) is 19.3. The standard InChI is InChI=1S/C18H21N3O6/c1-12-19-15(21-27-12)11-26-14-4-2-3-13(9-14)17(24)20-18(10-16(22)23)5-7-25-8-6-18/h2-4,9H,5-8,10-11H2,1H3,(H,20,24)(H,22,23). The zero-order valence-electron chi connectivity index (χ0n) is 14.9. The zero-order valence-corrected chi connectivity index (χ0v) is 14.9. The number of rotatable bonds is 7. The fourth-order valence-electron chi connectivity index (χ4n) is 2.99. The smallest absolute Gasteiger partial charge is 0.305 e. The first-order valence-electron chi connectivity index (χ1n) is 8.60. The Bertz CT molecular complexity index is 813. The van der Waals surface area contributed by atoms with Crippen LogP contribution < -0.4 is 10.1 Å². The second kappa shape index (κ2) is 8.17. The summed E-state index contributed by atoms with van der Waals surface area (Å²) >= 11 is 0. The van der Waals surface area contributed by atoms with E-state index in [1.165, 1.54) is 0 Å². The van der Waals surface area contributed by atoms with Crippen molar-refractivity contribution in [3.8, 4) is 5.75 Å². The molecule has 2 aromatic rings. The SMILES string of the molecule is Cc1nc(COc2cccc(C(=O)NC3(CC(=O)O)CCOCC3)c2)no1. The second-order valence-electron chi connectivity index (χ2n) is 6.46. The first-order valence-corrected chi connectivity index (χ1v) is 8.60. The van der Waals surface area contributed by atoms with Crippen molar-refractivity contribution in [2.24, 2.45) is 0 Å². The lowest BCUT2D eigenvalue weighted by molar-refractivity contribution is -0.139. The predicted octanol–water partition coefficient (Wildman–Crippen LogP) is 1.71. The van der Waals surface area contributed by atoms with Gasteiger partial charge in [0.05, 0.1) is 12.0 Å². The van der Waals surface area contributed by atoms with Crippen LogP contribution in [0.1, 0.15) is 41.3 Å². The summed E-state index contributed by atoms with van der Waals surface area (Å²) < 4.78 is 15.8. The number of nitrogens with zero attached hydrogens (tertiary/aromatic N) is 2. The highest BCUT2D eigenvalue weighted by molar-refractivity contribution is 5.95. The minimum atomic E-state index is -0.954. The van der Waals surface area contributed by atoms with Crippen LogP contribution in [0.5, 0.6) is 5.75 Å². The highest BCUT2D eigenvalue weighted by Crippen LogP contribution is 2.25. The molecule has 2 heterocycles. The number of hydrogen-bond acceptors (Lipinski definition) is 7. The summed E-state index contributed by atoms with van der Waals surface area (Å²) in [4.78, 5) is 28.0. The summed E-state index contributed by atoms with van der Waals surface area (Å²) in [6.07, 6.45) is 0.770. The Balaban J connectivity index is 1.67. The first-order chi connectivity index (χ1) is 13.0. The van der Waals surface area contributed by atoms with E-state index in [2.05, 4.69) is 15.5 Å². The number of carbonyl (C=O) groups excluding carboxylic acids is 1. The van der Waals surface area contributed by atoms with Crippen molar-refractivity contribution in [3.63, 3.8) is 0 Å². The van der Waals surface area contributed by atoms with Gasteiger partial charge in [-0.3, -0.25) is 9.59 Å². The third-order valence-corrected chi connectivity index (χ3v) is 4.35. The molecule has 1 aromatic carbocycles. The minimum Gasteiger partial charge on any atom is -0.485 e. The van der Waals surface area contributed by atoms with Gasteiger partial charge in [-0.05, 0) is 31.0 Å². The van der Waals surface area contributed by atoms with Crippen LogP contribution in [0.3, 0.4) is 0 Å². The number of benzene rings is 1. The molecular formula is C18H21N3O6. The Morgan fingerprint density at radius 1 is 1.33 bits per heavy atom. The van der Waals surface area contributed by atoms with Crippen LogP contribution in [-0.4, -0.2) is 45.9 Å². The van der Waals surface area contributed by atoms with Crippen molar-refractivity contribution < 1.29 is 28.7 Å². The number of carboxylic acid groups (broad SMARTS) is 1. The quantitative estimate of drug-likeness (QED) is 0.749. The Kier molecular flexibility index (Phi) is 5.70. The molecule has 0 spiro atoms. The summed E-state index contributed by atoms with van der Waals surface area (Å²) in [6, 6.07) is 6.65. The molecule has 9 heteroatoms. The van der Waals surface area contributed by atoms with E-state index < -0.39 is 11.5 Å². The number of carbonyl (C=O) groups is 2. The van der Waals surface area contributed by atoms with Crippen LogP contribution in [-0.2, 0) is 16.1 Å². The van der Waals surface area contributed by atoms with E-state index in [1.54, 1.807) is 31.2 Å². The van der Waals surface area contributed by atoms with Gasteiger partial charge in [-0.1, -0.05) is 11.2 Å². The molecule has 1 aliphatic rings. The summed E-state index contributed by atoms with van der Waals surface area (Å²) in [5, 5.41) is 15.8. The maximum atomic E-state index is 12.7. The van der Waals surface area contributed by atoms with E-state index in [9.17, 15) is 14.7 Å². The number of nitrogens with one attached hydrogen (secondary N) is 1. The van der Waals surface area contributed by atoms with E-state index in [4.69, 9.17) is 14.0 Å². The van der Waals surface area contributed by atoms with Gasteiger partial charge in [0.1, 0.15) is 5.75 Å². The number of amides is 1. The Labute approximate surface area is 155 Å². The number of ether oxygens (including phenoxy) is 2. The Morgan fingerprint density at radius 2 is 2.11 bits per heavy atom. The lowest BCUT2D eigenvalue weighted by atomic mass is 9.86. The van der Waals surface area contributed by atoms with E-state index in [1.807, 2.05) is 0 Å². The van der Waals surface area contributed by atoms with Crippen LogP contribution in [0.15, 0.2) is 28.8 Å². The monoisotopic (exact) mass is 375 g/mol. The van der Waals surface area contributed by atoms with Crippen molar-refractivity contribution >= 4 is 11.9 Å². The summed E-state index contributed by atoms with van der Waals surface area (Å²) in [7, 11) is 0. The van der Waals surface area contributed by atoms with Gasteiger partial charge in [-0.2, -0.15) is 4.98 Å². The fourth-order valence-corrected chi connectivity index (χ4v) is 2.99. The summed E-state index contributed by atoms with van der Waals surface area (Å²) in [6.45, 7) is 2.63. The van der Waals surface area contributed by atoms with Crippen molar-refractivity contribution in [2.75, 3.05) is 13.2 Å². The van der Waals surface area contributed by atoms with E-state index in [0.717, 1.165) is 0 Å². The van der Waals surface area contributed by atoms with Gasteiger partial charge in [0, 0.05) is 25.7 Å². The second-order valence-corrected chi connectivity index (χ2v) is 6.46. The average Bonchev–Trinajstić information content (AvgIpc) is 3.05. The normalized spacial score (nSPS) is 15.9. The highest BCUT2D eigenvalue weighted by atomic mass is 16.5. The Hall–Kier alpha value is -2.94. The summed E-state index contributed by atoms with van der Waals surface area (Å²) in [5.41, 5.74) is -0.423. The maximum absolute atomic E-state index is 12.7. The molecule has 0 bridgehead atoms. The van der Waals surface area contributed by atoms with Gasteiger partial charge < -0.3 is 24.4 Å². The van der Waals surface area contributed by atoms with Crippen LogP contribution in [0.2, 0.25) is 0 Å². The number of carboxylic acids is 1. The molecule has 1 aromatic heterocycles. The molecule has 1 fully saturated rings. The van der Waals surface area contributed by atoms with Crippen LogP contribution in [0.4, 0.5) is 0 Å². The van der Waals surface area contributed by atoms with Gasteiger partial charge in [0.25, 0.3) is 5.91 Å². The molecule has 2 N–H and O–H groups in total. The van der Waals surface area contributed by atoms with E-state index >= 15 is 0 Å². The van der Waals surface area contributed by atoms with E-state index in [-0.39, 0.29) is 18.9 Å². The molecule has 0 aliphatic carbocycles. The molecule has 1 aliphatic heterocycles. The number of aryl methyl sites for hydroxylation is 1. The van der Waals surface area contributed by atoms with Gasteiger partial charge in [0.2, 0.25) is 11.7 Å². The third-order valence-electron chi connectivity index (χ3n) is 4.35. The highest BCUT2D eigenvalue weighted by Gasteiger charge is 2.36. The molecule has 0 radical (unpaired) electrons. The molecule has 144 valence electrons. The minimum absolute atomic E-state index is 0.114. The predicted molar refractivity (Wildman–Crippen MR) is 92.3 cm³/mol. The lowest BCUT2D eigenvalue weighted by Crippen LogP contribution is -2.53. The van der Waals surface area contributed by atoms with Gasteiger partial charge in [-0.25, -0.2) is 0 Å². The largest absolute Gasteiger partial charge is 0.485 e. The topological polar surface area (TPSA) is 124 Å². The van der Waals surface area contributed by atoms with Gasteiger partial charge in [0.15, 0.2) is 6.61 Å². The average molecular weight is 375 g/mol. The molecule has 0 saturated carbocycles. The molecule has 27 heavy (non-hydrogen) atoms. The first kappa shape index (κ1) is 18.8. The molecule has 0 atom stereocenters. The van der Waals surface area contributed by atoms with Gasteiger partial charge >= 0.3 is 5.97 Å². The molecule has 1 amide bonds. The number of hydrogen-bond donors (Lipinski definition) is 2. The Morgan fingerprint density at radius 3 is 2.78 bits per heavy atom. The van der Waals surface area contributed by atoms with Crippen LogP contribution in [0, 0.1) is 6.92 Å². The van der Waals surface area contributed by atoms with Gasteiger partial charge in [-0.15, -0.1) is 0 Å². The van der Waals surface area contributed by atoms with Crippen molar-refractivity contribution in [1.82, 2.24) is 15.5 Å². The molecule has 9 nitrogen and oxygen atoms in total. The molecule has 1 saturated heterocycles. The van der Waals surface area contributed by atoms with E-state index in [0.29, 0.717) is 49.1 Å². The molecule has 0 unspecified atom stereocenters. The lowest BCUT2D eigenvalue weighted by Gasteiger charge is -2.36. The maximum Gasteiger partial charge on any atom is 0.305 e. The van der Waals surface area contributed by atoms with Crippen LogP contribution in [0.25, 0.3) is 0 Å². The van der Waals surface area contributed by atoms with Crippen molar-refractivity contribution in [3.05, 3.63) is 41.5 Å². The fraction of sp³-hybridized carbons (Fsp3) is 0.444. The van der Waals surface area contributed by atoms with Crippen LogP contribution >= 0.6 is 0 Å². The van der Waals surface area contributed by atoms with Crippen molar-refractivity contribution in [2.45, 2.75) is 38.3 Å². The van der Waals surface area contributed by atoms with Crippen molar-refractivity contribution in [1.29, 1.82) is 0 Å². The number of aromatic nitrogens is 2.